The number of rotatable bonds is 8. The SMILES string of the molecule is O=C(NC1CCCC1)C(c1ccncc1)N(Cc1ccccc1Cl)C(=O)Cc1cccs1. The van der Waals surface area contributed by atoms with E-state index in [-0.39, 0.29) is 30.8 Å². The summed E-state index contributed by atoms with van der Waals surface area (Å²) >= 11 is 7.97. The molecule has 0 spiro atoms. The van der Waals surface area contributed by atoms with Gasteiger partial charge in [0, 0.05) is 34.9 Å². The number of halogens is 1. The maximum Gasteiger partial charge on any atom is 0.247 e. The second-order valence-corrected chi connectivity index (χ2v) is 9.48. The summed E-state index contributed by atoms with van der Waals surface area (Å²) in [5.41, 5.74) is 1.54. The van der Waals surface area contributed by atoms with Crippen LogP contribution in [0.15, 0.2) is 66.3 Å². The second-order valence-electron chi connectivity index (χ2n) is 8.04. The van der Waals surface area contributed by atoms with Crippen LogP contribution in [0, 0.1) is 0 Å². The number of nitrogens with zero attached hydrogens (tertiary/aromatic N) is 2. The minimum absolute atomic E-state index is 0.115. The van der Waals surface area contributed by atoms with Crippen molar-refractivity contribution in [3.05, 3.63) is 87.3 Å². The fraction of sp³-hybridized carbons (Fsp3) is 0.320. The van der Waals surface area contributed by atoms with Crippen LogP contribution in [0.25, 0.3) is 0 Å². The number of hydrogen-bond donors (Lipinski definition) is 1. The predicted octanol–water partition coefficient (Wildman–Crippen LogP) is 5.17. The van der Waals surface area contributed by atoms with Crippen LogP contribution in [-0.2, 0) is 22.6 Å². The predicted molar refractivity (Wildman–Crippen MR) is 127 cm³/mol. The molecule has 7 heteroatoms. The highest BCUT2D eigenvalue weighted by atomic mass is 35.5. The zero-order valence-electron chi connectivity index (χ0n) is 17.7. The summed E-state index contributed by atoms with van der Waals surface area (Å²) in [7, 11) is 0. The van der Waals surface area contributed by atoms with Crippen molar-refractivity contribution in [2.45, 2.75) is 50.7 Å². The van der Waals surface area contributed by atoms with Crippen LogP contribution in [0.2, 0.25) is 5.02 Å². The van der Waals surface area contributed by atoms with E-state index in [1.165, 1.54) is 11.3 Å². The van der Waals surface area contributed by atoms with Crippen LogP contribution < -0.4 is 5.32 Å². The van der Waals surface area contributed by atoms with Crippen LogP contribution in [0.5, 0.6) is 0 Å². The van der Waals surface area contributed by atoms with Gasteiger partial charge in [-0.1, -0.05) is 48.7 Å². The fourth-order valence-electron chi connectivity index (χ4n) is 4.17. The van der Waals surface area contributed by atoms with Gasteiger partial charge in [-0.25, -0.2) is 0 Å². The number of pyridine rings is 1. The van der Waals surface area contributed by atoms with E-state index in [9.17, 15) is 9.59 Å². The highest BCUT2D eigenvalue weighted by molar-refractivity contribution is 7.10. The Hall–Kier alpha value is -2.70. The summed E-state index contributed by atoms with van der Waals surface area (Å²) in [6.07, 6.45) is 7.73. The Kier molecular flexibility index (Phi) is 7.55. The number of nitrogens with one attached hydrogen (secondary N) is 1. The van der Waals surface area contributed by atoms with E-state index in [0.717, 1.165) is 41.7 Å². The van der Waals surface area contributed by atoms with Gasteiger partial charge in [0.1, 0.15) is 6.04 Å². The van der Waals surface area contributed by atoms with Crippen molar-refractivity contribution in [1.29, 1.82) is 0 Å². The summed E-state index contributed by atoms with van der Waals surface area (Å²) in [6.45, 7) is 0.245. The molecule has 1 aliphatic rings. The molecular formula is C25H26ClN3O2S. The molecule has 32 heavy (non-hydrogen) atoms. The fourth-order valence-corrected chi connectivity index (χ4v) is 5.06. The molecule has 0 saturated heterocycles. The Bertz CT molecular complexity index is 1040. The van der Waals surface area contributed by atoms with Gasteiger partial charge in [0.15, 0.2) is 0 Å². The molecule has 0 aliphatic heterocycles. The Labute approximate surface area is 197 Å². The van der Waals surface area contributed by atoms with Crippen molar-refractivity contribution in [2.75, 3.05) is 0 Å². The Morgan fingerprint density at radius 1 is 1.09 bits per heavy atom. The third kappa shape index (κ3) is 5.56. The molecule has 2 heterocycles. The summed E-state index contributed by atoms with van der Waals surface area (Å²) in [5, 5.41) is 5.72. The molecular weight excluding hydrogens is 442 g/mol. The van der Waals surface area contributed by atoms with Crippen LogP contribution in [0.3, 0.4) is 0 Å². The average Bonchev–Trinajstić information content (AvgIpc) is 3.50. The molecule has 2 aromatic heterocycles. The first kappa shape index (κ1) is 22.5. The highest BCUT2D eigenvalue weighted by Crippen LogP contribution is 2.28. The number of benzene rings is 1. The number of aromatic nitrogens is 1. The summed E-state index contributed by atoms with van der Waals surface area (Å²) < 4.78 is 0. The van der Waals surface area contributed by atoms with Gasteiger partial charge in [0.25, 0.3) is 0 Å². The van der Waals surface area contributed by atoms with E-state index in [2.05, 4.69) is 10.3 Å². The van der Waals surface area contributed by atoms with Gasteiger partial charge >= 0.3 is 0 Å². The lowest BCUT2D eigenvalue weighted by atomic mass is 10.0. The van der Waals surface area contributed by atoms with Crippen LogP contribution in [0.4, 0.5) is 0 Å². The van der Waals surface area contributed by atoms with Crippen LogP contribution in [-0.4, -0.2) is 27.7 Å². The number of thiophene rings is 1. The average molecular weight is 468 g/mol. The number of amides is 2. The first-order valence-electron chi connectivity index (χ1n) is 10.9. The van der Waals surface area contributed by atoms with E-state index in [4.69, 9.17) is 11.6 Å². The topological polar surface area (TPSA) is 62.3 Å². The number of carbonyl (C=O) groups is 2. The van der Waals surface area contributed by atoms with Gasteiger partial charge in [0.2, 0.25) is 11.8 Å². The van der Waals surface area contributed by atoms with E-state index < -0.39 is 6.04 Å². The van der Waals surface area contributed by atoms with E-state index in [0.29, 0.717) is 5.02 Å². The lowest BCUT2D eigenvalue weighted by Crippen LogP contribution is -2.46. The Balaban J connectivity index is 1.69. The molecule has 0 radical (unpaired) electrons. The van der Waals surface area contributed by atoms with Crippen molar-refractivity contribution in [3.63, 3.8) is 0 Å². The molecule has 1 atom stereocenters. The molecule has 1 saturated carbocycles. The molecule has 1 aliphatic carbocycles. The van der Waals surface area contributed by atoms with Gasteiger partial charge in [-0.2, -0.15) is 0 Å². The van der Waals surface area contributed by atoms with Gasteiger partial charge in [-0.05, 0) is 53.6 Å². The zero-order chi connectivity index (χ0) is 22.3. The number of hydrogen-bond acceptors (Lipinski definition) is 4. The van der Waals surface area contributed by atoms with Gasteiger partial charge in [0.05, 0.1) is 6.42 Å². The quantitative estimate of drug-likeness (QED) is 0.497. The summed E-state index contributed by atoms with van der Waals surface area (Å²) in [4.78, 5) is 33.9. The molecule has 166 valence electrons. The Morgan fingerprint density at radius 3 is 2.53 bits per heavy atom. The second kappa shape index (κ2) is 10.7. The Morgan fingerprint density at radius 2 is 1.84 bits per heavy atom. The molecule has 4 rings (SSSR count). The molecule has 5 nitrogen and oxygen atoms in total. The first-order chi connectivity index (χ1) is 15.6. The third-order valence-corrected chi connectivity index (χ3v) is 7.05. The van der Waals surface area contributed by atoms with Crippen molar-refractivity contribution < 1.29 is 9.59 Å². The van der Waals surface area contributed by atoms with E-state index in [1.54, 1.807) is 35.5 Å². The largest absolute Gasteiger partial charge is 0.351 e. The number of carbonyl (C=O) groups excluding carboxylic acids is 2. The maximum absolute atomic E-state index is 13.6. The normalized spacial score (nSPS) is 14.8. The molecule has 1 fully saturated rings. The van der Waals surface area contributed by atoms with E-state index in [1.807, 2.05) is 35.7 Å². The maximum atomic E-state index is 13.6. The summed E-state index contributed by atoms with van der Waals surface area (Å²) in [6, 6.07) is 14.3. The minimum atomic E-state index is -0.762. The zero-order valence-corrected chi connectivity index (χ0v) is 19.3. The lowest BCUT2D eigenvalue weighted by molar-refractivity contribution is -0.141. The molecule has 1 N–H and O–H groups in total. The monoisotopic (exact) mass is 467 g/mol. The standard InChI is InChI=1S/C25H26ClN3O2S/c26-22-10-4-1-6-19(22)17-29(23(30)16-21-9-5-15-32-21)24(18-11-13-27-14-12-18)25(31)28-20-7-2-3-8-20/h1,4-6,9-15,20,24H,2-3,7-8,16-17H2,(H,28,31). The molecule has 1 unspecified atom stereocenters. The lowest BCUT2D eigenvalue weighted by Gasteiger charge is -2.32. The van der Waals surface area contributed by atoms with Crippen LogP contribution in [0.1, 0.15) is 47.7 Å². The minimum Gasteiger partial charge on any atom is -0.351 e. The van der Waals surface area contributed by atoms with E-state index >= 15 is 0 Å². The highest BCUT2D eigenvalue weighted by Gasteiger charge is 2.33. The molecule has 2 amide bonds. The third-order valence-electron chi connectivity index (χ3n) is 5.81. The van der Waals surface area contributed by atoms with Crippen molar-refractivity contribution in [1.82, 2.24) is 15.2 Å². The smallest absolute Gasteiger partial charge is 0.247 e. The van der Waals surface area contributed by atoms with Crippen molar-refractivity contribution in [2.24, 2.45) is 0 Å². The van der Waals surface area contributed by atoms with Crippen molar-refractivity contribution in [3.8, 4) is 0 Å². The van der Waals surface area contributed by atoms with Gasteiger partial charge in [-0.3, -0.25) is 14.6 Å². The van der Waals surface area contributed by atoms with Crippen LogP contribution >= 0.6 is 22.9 Å². The summed E-state index contributed by atoms with van der Waals surface area (Å²) in [5.74, 6) is -0.273. The van der Waals surface area contributed by atoms with Crippen molar-refractivity contribution >= 4 is 34.8 Å². The van der Waals surface area contributed by atoms with Gasteiger partial charge in [-0.15, -0.1) is 11.3 Å². The molecule has 3 aromatic rings. The molecule has 1 aromatic carbocycles. The molecule has 0 bridgehead atoms. The van der Waals surface area contributed by atoms with Gasteiger partial charge < -0.3 is 10.2 Å². The first-order valence-corrected chi connectivity index (χ1v) is 12.1.